The van der Waals surface area contributed by atoms with Crippen molar-refractivity contribution in [1.82, 2.24) is 24.1 Å². The number of aromatic nitrogens is 5. The van der Waals surface area contributed by atoms with Crippen molar-refractivity contribution in [2.24, 2.45) is 0 Å². The van der Waals surface area contributed by atoms with Gasteiger partial charge in [-0.15, -0.1) is 0 Å². The highest BCUT2D eigenvalue weighted by molar-refractivity contribution is 5.99. The van der Waals surface area contributed by atoms with Gasteiger partial charge in [-0.25, -0.2) is 19.3 Å². The van der Waals surface area contributed by atoms with Crippen LogP contribution in [0.3, 0.4) is 0 Å². The third kappa shape index (κ3) is 4.01. The molecule has 0 saturated heterocycles. The Labute approximate surface area is 195 Å². The summed E-state index contributed by atoms with van der Waals surface area (Å²) in [5.41, 5.74) is 2.85. The van der Waals surface area contributed by atoms with Crippen molar-refractivity contribution in [2.45, 2.75) is 18.9 Å². The summed E-state index contributed by atoms with van der Waals surface area (Å²) >= 11 is 0. The number of fused-ring (bicyclic) bond motifs is 1. The van der Waals surface area contributed by atoms with Crippen LogP contribution in [0.5, 0.6) is 0 Å². The van der Waals surface area contributed by atoms with E-state index in [1.165, 1.54) is 6.08 Å². The predicted molar refractivity (Wildman–Crippen MR) is 132 cm³/mol. The highest BCUT2D eigenvalue weighted by Gasteiger charge is 2.30. The Morgan fingerprint density at radius 1 is 1.15 bits per heavy atom. The molecule has 1 aromatic carbocycles. The first kappa shape index (κ1) is 21.4. The van der Waals surface area contributed by atoms with Gasteiger partial charge in [0, 0.05) is 25.8 Å². The minimum Gasteiger partial charge on any atom is -0.363 e. The number of pyridine rings is 1. The molecule has 0 aliphatic heterocycles. The summed E-state index contributed by atoms with van der Waals surface area (Å²) in [6.07, 6.45) is 6.46. The lowest BCUT2D eigenvalue weighted by molar-refractivity contribution is -0.111. The molecule has 1 amide bonds. The van der Waals surface area contributed by atoms with Gasteiger partial charge in [0.15, 0.2) is 5.65 Å². The first-order valence-corrected chi connectivity index (χ1v) is 10.9. The summed E-state index contributed by atoms with van der Waals surface area (Å²) in [4.78, 5) is 40.6. The summed E-state index contributed by atoms with van der Waals surface area (Å²) in [6.45, 7) is 3.48. The van der Waals surface area contributed by atoms with E-state index in [0.29, 0.717) is 28.5 Å². The zero-order chi connectivity index (χ0) is 23.8. The highest BCUT2D eigenvalue weighted by Crippen LogP contribution is 2.36. The molecule has 0 spiro atoms. The zero-order valence-corrected chi connectivity index (χ0v) is 18.9. The largest absolute Gasteiger partial charge is 0.363 e. The van der Waals surface area contributed by atoms with Crippen LogP contribution in [0, 0.1) is 0 Å². The zero-order valence-electron chi connectivity index (χ0n) is 18.9. The van der Waals surface area contributed by atoms with E-state index in [9.17, 15) is 9.59 Å². The Balaban J connectivity index is 1.58. The monoisotopic (exact) mass is 456 g/mol. The van der Waals surface area contributed by atoms with Crippen molar-refractivity contribution in [2.75, 3.05) is 29.6 Å². The number of carbonyl (C=O) groups is 1. The molecule has 3 heterocycles. The van der Waals surface area contributed by atoms with Gasteiger partial charge in [0.25, 0.3) is 0 Å². The van der Waals surface area contributed by atoms with E-state index in [1.807, 2.05) is 31.1 Å². The Bertz CT molecular complexity index is 1450. The van der Waals surface area contributed by atoms with E-state index in [2.05, 4.69) is 32.2 Å². The molecule has 1 aliphatic carbocycles. The SMILES string of the molecule is C=CC(=O)Nc1cccc(-n2c(=O)n(C3CC3)c3cnc(Nc4ccc(N(C)C)nc4)nc32)c1. The number of hydrogen-bond donors (Lipinski definition) is 2. The summed E-state index contributed by atoms with van der Waals surface area (Å²) < 4.78 is 3.30. The molecule has 0 bridgehead atoms. The van der Waals surface area contributed by atoms with Crippen molar-refractivity contribution in [3.05, 3.63) is 71.9 Å². The Kier molecular flexibility index (Phi) is 5.33. The number of imidazole rings is 1. The Morgan fingerprint density at radius 3 is 2.65 bits per heavy atom. The minimum atomic E-state index is -0.326. The van der Waals surface area contributed by atoms with Crippen LogP contribution in [0.15, 0.2) is 66.2 Å². The molecule has 1 saturated carbocycles. The number of anilines is 4. The second-order valence-corrected chi connectivity index (χ2v) is 8.29. The van der Waals surface area contributed by atoms with Gasteiger partial charge in [0.1, 0.15) is 11.3 Å². The van der Waals surface area contributed by atoms with Gasteiger partial charge in [-0.3, -0.25) is 9.36 Å². The molecule has 5 rings (SSSR count). The predicted octanol–water partition coefficient (Wildman–Crippen LogP) is 3.25. The molecule has 3 aromatic heterocycles. The van der Waals surface area contributed by atoms with Crippen LogP contribution in [0.25, 0.3) is 16.9 Å². The van der Waals surface area contributed by atoms with Crippen LogP contribution in [-0.2, 0) is 4.79 Å². The number of carbonyl (C=O) groups excluding carboxylic acids is 1. The maximum absolute atomic E-state index is 13.5. The molecule has 1 fully saturated rings. The molecule has 0 unspecified atom stereocenters. The third-order valence-corrected chi connectivity index (χ3v) is 5.55. The van der Waals surface area contributed by atoms with E-state index in [0.717, 1.165) is 24.3 Å². The average molecular weight is 457 g/mol. The van der Waals surface area contributed by atoms with Gasteiger partial charge in [-0.2, -0.15) is 4.98 Å². The van der Waals surface area contributed by atoms with Crippen molar-refractivity contribution in [3.8, 4) is 5.69 Å². The number of rotatable bonds is 7. The van der Waals surface area contributed by atoms with Crippen LogP contribution in [0.1, 0.15) is 18.9 Å². The normalized spacial score (nSPS) is 13.0. The van der Waals surface area contributed by atoms with Crippen molar-refractivity contribution in [3.63, 3.8) is 0 Å². The fraction of sp³-hybridized carbons (Fsp3) is 0.208. The van der Waals surface area contributed by atoms with Crippen LogP contribution in [0.2, 0.25) is 0 Å². The highest BCUT2D eigenvalue weighted by atomic mass is 16.2. The summed E-state index contributed by atoms with van der Waals surface area (Å²) in [6, 6.07) is 11.0. The van der Waals surface area contributed by atoms with E-state index in [4.69, 9.17) is 0 Å². The summed E-state index contributed by atoms with van der Waals surface area (Å²) in [5, 5.41) is 5.90. The second kappa shape index (κ2) is 8.47. The lowest BCUT2D eigenvalue weighted by atomic mass is 10.2. The van der Waals surface area contributed by atoms with E-state index >= 15 is 0 Å². The minimum absolute atomic E-state index is 0.144. The fourth-order valence-corrected chi connectivity index (χ4v) is 3.75. The summed E-state index contributed by atoms with van der Waals surface area (Å²) in [5.74, 6) is 0.859. The topological polar surface area (TPSA) is 110 Å². The molecule has 34 heavy (non-hydrogen) atoms. The fourth-order valence-electron chi connectivity index (χ4n) is 3.75. The van der Waals surface area contributed by atoms with Crippen LogP contribution >= 0.6 is 0 Å². The first-order chi connectivity index (χ1) is 16.4. The molecule has 10 nitrogen and oxygen atoms in total. The lowest BCUT2D eigenvalue weighted by Crippen LogP contribution is -2.22. The van der Waals surface area contributed by atoms with Crippen LogP contribution < -0.4 is 21.2 Å². The van der Waals surface area contributed by atoms with E-state index < -0.39 is 0 Å². The smallest absolute Gasteiger partial charge is 0.335 e. The molecule has 172 valence electrons. The first-order valence-electron chi connectivity index (χ1n) is 10.9. The standard InChI is InChI=1S/C24H24N8O2/c1-4-21(33)27-15-6-5-7-18(12-15)32-22-19(31(24(32)34)17-9-10-17)14-26-23(29-22)28-16-8-11-20(25-13-16)30(2)3/h4-8,11-14,17H,1,9-10H2,2-3H3,(H,27,33)(H,26,28,29). The summed E-state index contributed by atoms with van der Waals surface area (Å²) in [7, 11) is 3.85. The molecule has 2 N–H and O–H groups in total. The average Bonchev–Trinajstić information content (AvgIpc) is 3.62. The Hall–Kier alpha value is -4.47. The molecular weight excluding hydrogens is 432 g/mol. The maximum Gasteiger partial charge on any atom is 0.335 e. The Morgan fingerprint density at radius 2 is 1.97 bits per heavy atom. The second-order valence-electron chi connectivity index (χ2n) is 8.29. The quantitative estimate of drug-likeness (QED) is 0.411. The van der Waals surface area contributed by atoms with Crippen molar-refractivity contribution >= 4 is 40.2 Å². The van der Waals surface area contributed by atoms with Gasteiger partial charge in [0.05, 0.1) is 23.8 Å². The number of hydrogen-bond acceptors (Lipinski definition) is 7. The van der Waals surface area contributed by atoms with Gasteiger partial charge in [0.2, 0.25) is 11.9 Å². The van der Waals surface area contributed by atoms with Gasteiger partial charge < -0.3 is 15.5 Å². The lowest BCUT2D eigenvalue weighted by Gasteiger charge is -2.11. The van der Waals surface area contributed by atoms with Crippen molar-refractivity contribution < 1.29 is 4.79 Å². The number of nitrogens with zero attached hydrogens (tertiary/aromatic N) is 6. The van der Waals surface area contributed by atoms with Crippen molar-refractivity contribution in [1.29, 1.82) is 0 Å². The number of benzene rings is 1. The molecule has 4 aromatic rings. The third-order valence-electron chi connectivity index (χ3n) is 5.55. The molecule has 10 heteroatoms. The molecular formula is C24H24N8O2. The van der Waals surface area contributed by atoms with E-state index in [-0.39, 0.29) is 17.6 Å². The van der Waals surface area contributed by atoms with Crippen LogP contribution in [-0.4, -0.2) is 44.1 Å². The molecule has 1 aliphatic rings. The number of amides is 1. The van der Waals surface area contributed by atoms with Crippen LogP contribution in [0.4, 0.5) is 23.1 Å². The molecule has 0 radical (unpaired) electrons. The van der Waals surface area contributed by atoms with Gasteiger partial charge >= 0.3 is 5.69 Å². The number of nitrogens with one attached hydrogen (secondary N) is 2. The van der Waals surface area contributed by atoms with Gasteiger partial charge in [-0.1, -0.05) is 12.6 Å². The van der Waals surface area contributed by atoms with E-state index in [1.54, 1.807) is 45.8 Å². The maximum atomic E-state index is 13.5. The molecule has 0 atom stereocenters. The van der Waals surface area contributed by atoms with Gasteiger partial charge in [-0.05, 0) is 49.2 Å².